The fourth-order valence-corrected chi connectivity index (χ4v) is 3.94. The monoisotopic (exact) mass is 317 g/mol. The molecule has 1 saturated carbocycles. The average molecular weight is 318 g/mol. The minimum Gasteiger partial charge on any atom is -0.211 e. The lowest BCUT2D eigenvalue weighted by Crippen LogP contribution is -2.25. The molecule has 2 rings (SSSR count). The summed E-state index contributed by atoms with van der Waals surface area (Å²) < 4.78 is 27.3. The molecule has 17 heavy (non-hydrogen) atoms. The van der Waals surface area contributed by atoms with Crippen molar-refractivity contribution in [3.05, 3.63) is 28.2 Å². The maximum absolute atomic E-state index is 12.0. The third-order valence-corrected chi connectivity index (χ3v) is 5.36. The van der Waals surface area contributed by atoms with Crippen LogP contribution in [-0.2, 0) is 10.0 Å². The van der Waals surface area contributed by atoms with Gasteiger partial charge < -0.3 is 0 Å². The predicted molar refractivity (Wildman–Crippen MR) is 71.4 cm³/mol. The Morgan fingerprint density at radius 1 is 1.41 bits per heavy atom. The summed E-state index contributed by atoms with van der Waals surface area (Å²) in [5.74, 6) is 0.735. The highest BCUT2D eigenvalue weighted by Crippen LogP contribution is 2.32. The minimum atomic E-state index is -3.37. The third-order valence-electron chi connectivity index (χ3n) is 2.92. The molecule has 3 nitrogen and oxygen atoms in total. The summed E-state index contributed by atoms with van der Waals surface area (Å²) in [6.45, 7) is 2.47. The highest BCUT2D eigenvalue weighted by atomic mass is 79.9. The fourth-order valence-electron chi connectivity index (χ4n) is 1.71. The summed E-state index contributed by atoms with van der Waals surface area (Å²) in [5.41, 5.74) is 1.04. The van der Waals surface area contributed by atoms with Crippen molar-refractivity contribution < 1.29 is 8.42 Å². The zero-order valence-electron chi connectivity index (χ0n) is 9.74. The number of nitrogens with one attached hydrogen (secondary N) is 1. The lowest BCUT2D eigenvalue weighted by molar-refractivity contribution is 0.575. The van der Waals surface area contributed by atoms with Gasteiger partial charge in [-0.05, 0) is 52.9 Å². The standard InChI is InChI=1S/C12H16BrNO2S/c1-9-2-5-12(11(13)8-9)17(15,16)14-7-6-10-3-4-10/h2,5,8,10,14H,3-4,6-7H2,1H3. The van der Waals surface area contributed by atoms with E-state index in [0.717, 1.165) is 17.9 Å². The first-order valence-corrected chi connectivity index (χ1v) is 8.02. The molecule has 0 radical (unpaired) electrons. The molecule has 1 aromatic rings. The third kappa shape index (κ3) is 3.53. The molecule has 0 saturated heterocycles. The van der Waals surface area contributed by atoms with E-state index in [2.05, 4.69) is 20.7 Å². The van der Waals surface area contributed by atoms with Crippen LogP contribution < -0.4 is 4.72 Å². The van der Waals surface area contributed by atoms with Crippen molar-refractivity contribution >= 4 is 26.0 Å². The summed E-state index contributed by atoms with van der Waals surface area (Å²) in [6, 6.07) is 5.26. The van der Waals surface area contributed by atoms with Crippen LogP contribution in [0.5, 0.6) is 0 Å². The van der Waals surface area contributed by atoms with Crippen molar-refractivity contribution in [3.63, 3.8) is 0 Å². The molecule has 0 aliphatic heterocycles. The SMILES string of the molecule is Cc1ccc(S(=O)(=O)NCCC2CC2)c(Br)c1. The first-order valence-electron chi connectivity index (χ1n) is 5.75. The molecule has 1 aliphatic carbocycles. The van der Waals surface area contributed by atoms with Crippen LogP contribution in [0.15, 0.2) is 27.6 Å². The Morgan fingerprint density at radius 3 is 2.71 bits per heavy atom. The van der Waals surface area contributed by atoms with Crippen molar-refractivity contribution in [3.8, 4) is 0 Å². The van der Waals surface area contributed by atoms with E-state index in [1.807, 2.05) is 13.0 Å². The van der Waals surface area contributed by atoms with Crippen molar-refractivity contribution in [1.82, 2.24) is 4.72 Å². The molecule has 1 N–H and O–H groups in total. The molecule has 94 valence electrons. The maximum atomic E-state index is 12.0. The van der Waals surface area contributed by atoms with E-state index < -0.39 is 10.0 Å². The Bertz CT molecular complexity index is 509. The zero-order valence-corrected chi connectivity index (χ0v) is 12.1. The van der Waals surface area contributed by atoms with Crippen LogP contribution in [0.2, 0.25) is 0 Å². The molecule has 5 heteroatoms. The van der Waals surface area contributed by atoms with E-state index in [9.17, 15) is 8.42 Å². The molecule has 1 aromatic carbocycles. The van der Waals surface area contributed by atoms with Gasteiger partial charge in [-0.25, -0.2) is 13.1 Å². The number of hydrogen-bond acceptors (Lipinski definition) is 2. The van der Waals surface area contributed by atoms with Crippen LogP contribution in [0.1, 0.15) is 24.8 Å². The van der Waals surface area contributed by atoms with Gasteiger partial charge in [0.25, 0.3) is 0 Å². The molecule has 0 unspecified atom stereocenters. The Morgan fingerprint density at radius 2 is 2.12 bits per heavy atom. The largest absolute Gasteiger partial charge is 0.241 e. The van der Waals surface area contributed by atoms with Gasteiger partial charge in [-0.2, -0.15) is 0 Å². The second-order valence-electron chi connectivity index (χ2n) is 4.56. The normalized spacial score (nSPS) is 16.1. The van der Waals surface area contributed by atoms with Gasteiger partial charge in [0.15, 0.2) is 0 Å². The highest BCUT2D eigenvalue weighted by molar-refractivity contribution is 9.10. The summed E-state index contributed by atoms with van der Waals surface area (Å²) in [6.07, 6.45) is 3.44. The molecule has 0 bridgehead atoms. The second kappa shape index (κ2) is 5.08. The van der Waals surface area contributed by atoms with Crippen LogP contribution in [0.3, 0.4) is 0 Å². The molecule has 1 fully saturated rings. The number of hydrogen-bond donors (Lipinski definition) is 1. The van der Waals surface area contributed by atoms with Crippen LogP contribution in [-0.4, -0.2) is 15.0 Å². The van der Waals surface area contributed by atoms with Crippen molar-refractivity contribution in [2.24, 2.45) is 5.92 Å². The molecule has 0 spiro atoms. The van der Waals surface area contributed by atoms with Gasteiger partial charge in [-0.15, -0.1) is 0 Å². The molecular weight excluding hydrogens is 302 g/mol. The quantitative estimate of drug-likeness (QED) is 0.907. The first kappa shape index (κ1) is 13.1. The van der Waals surface area contributed by atoms with Gasteiger partial charge in [0.05, 0.1) is 4.90 Å². The molecule has 1 aliphatic rings. The summed E-state index contributed by atoms with van der Waals surface area (Å²) in [5, 5.41) is 0. The summed E-state index contributed by atoms with van der Waals surface area (Å²) in [7, 11) is -3.37. The second-order valence-corrected chi connectivity index (χ2v) is 7.15. The Balaban J connectivity index is 2.07. The Hall–Kier alpha value is -0.390. The van der Waals surface area contributed by atoms with Crippen molar-refractivity contribution in [2.45, 2.75) is 31.1 Å². The number of benzene rings is 1. The van der Waals surface area contributed by atoms with Gasteiger partial charge in [-0.3, -0.25) is 0 Å². The number of sulfonamides is 1. The fraction of sp³-hybridized carbons (Fsp3) is 0.500. The Labute approximate surface area is 111 Å². The van der Waals surface area contributed by atoms with Gasteiger partial charge in [0.1, 0.15) is 0 Å². The van der Waals surface area contributed by atoms with Gasteiger partial charge in [0.2, 0.25) is 10.0 Å². The summed E-state index contributed by atoms with van der Waals surface area (Å²) >= 11 is 3.30. The molecule has 0 heterocycles. The lowest BCUT2D eigenvalue weighted by Gasteiger charge is -2.08. The Kier molecular flexibility index (Phi) is 3.90. The first-order chi connectivity index (χ1) is 7.99. The summed E-state index contributed by atoms with van der Waals surface area (Å²) in [4.78, 5) is 0.318. The molecule has 0 aromatic heterocycles. The maximum Gasteiger partial charge on any atom is 0.241 e. The van der Waals surface area contributed by atoms with E-state index in [1.54, 1.807) is 12.1 Å². The van der Waals surface area contributed by atoms with E-state index in [-0.39, 0.29) is 0 Å². The molecule has 0 atom stereocenters. The van der Waals surface area contributed by atoms with E-state index in [4.69, 9.17) is 0 Å². The van der Waals surface area contributed by atoms with Crippen LogP contribution in [0.4, 0.5) is 0 Å². The highest BCUT2D eigenvalue weighted by Gasteiger charge is 2.22. The van der Waals surface area contributed by atoms with Crippen molar-refractivity contribution in [2.75, 3.05) is 6.54 Å². The lowest BCUT2D eigenvalue weighted by atomic mass is 10.2. The smallest absolute Gasteiger partial charge is 0.211 e. The van der Waals surface area contributed by atoms with E-state index in [0.29, 0.717) is 15.9 Å². The van der Waals surface area contributed by atoms with Crippen molar-refractivity contribution in [1.29, 1.82) is 0 Å². The van der Waals surface area contributed by atoms with Gasteiger partial charge in [0, 0.05) is 11.0 Å². The van der Waals surface area contributed by atoms with Gasteiger partial charge >= 0.3 is 0 Å². The van der Waals surface area contributed by atoms with Crippen LogP contribution >= 0.6 is 15.9 Å². The molecular formula is C12H16BrNO2S. The van der Waals surface area contributed by atoms with Crippen LogP contribution in [0, 0.1) is 12.8 Å². The molecule has 0 amide bonds. The average Bonchev–Trinajstić information content (AvgIpc) is 3.00. The predicted octanol–water partition coefficient (Wildman–Crippen LogP) is 2.84. The number of halogens is 1. The topological polar surface area (TPSA) is 46.2 Å². The number of rotatable bonds is 5. The van der Waals surface area contributed by atoms with E-state index in [1.165, 1.54) is 12.8 Å². The van der Waals surface area contributed by atoms with Gasteiger partial charge in [-0.1, -0.05) is 18.9 Å². The number of aryl methyl sites for hydroxylation is 1. The zero-order chi connectivity index (χ0) is 12.5. The van der Waals surface area contributed by atoms with Crippen LogP contribution in [0.25, 0.3) is 0 Å². The van der Waals surface area contributed by atoms with E-state index >= 15 is 0 Å². The minimum absolute atomic E-state index is 0.318.